The van der Waals surface area contributed by atoms with Gasteiger partial charge in [-0.15, -0.1) is 0 Å². The number of nitrogens with zero attached hydrogens (tertiary/aromatic N) is 2. The summed E-state index contributed by atoms with van der Waals surface area (Å²) in [6.07, 6.45) is 0. The van der Waals surface area contributed by atoms with Crippen molar-refractivity contribution < 1.29 is 4.79 Å². The van der Waals surface area contributed by atoms with Crippen LogP contribution in [0.3, 0.4) is 0 Å². The van der Waals surface area contributed by atoms with E-state index in [1.165, 1.54) is 5.56 Å². The fraction of sp³-hybridized carbons (Fsp3) is 0.278. The number of carbonyl (C=O) groups excluding carboxylic acids is 1. The quantitative estimate of drug-likeness (QED) is 0.773. The van der Waals surface area contributed by atoms with Crippen molar-refractivity contribution in [1.29, 1.82) is 0 Å². The maximum Gasteiger partial charge on any atom is 0.255 e. The van der Waals surface area contributed by atoms with Crippen molar-refractivity contribution in [2.24, 2.45) is 0 Å². The van der Waals surface area contributed by atoms with Crippen LogP contribution in [0.4, 0.5) is 0 Å². The molecule has 126 valence electrons. The maximum absolute atomic E-state index is 12.6. The van der Waals surface area contributed by atoms with Gasteiger partial charge in [0.1, 0.15) is 0 Å². The zero-order valence-electron chi connectivity index (χ0n) is 13.0. The molecule has 1 fully saturated rings. The van der Waals surface area contributed by atoms with E-state index in [-0.39, 0.29) is 5.91 Å². The van der Waals surface area contributed by atoms with E-state index >= 15 is 0 Å². The standard InChI is InChI=1S/C18H17Cl3N2O/c19-14-3-1-13(2-4-14)12-22-7-9-23(10-8-22)18(24)16-6-5-15(20)11-17(16)21/h1-6,11H,7-10,12H2. The Morgan fingerprint density at radius 1 is 0.875 bits per heavy atom. The Morgan fingerprint density at radius 2 is 1.50 bits per heavy atom. The molecule has 1 saturated heterocycles. The third-order valence-corrected chi connectivity index (χ3v) is 4.94. The molecule has 0 saturated carbocycles. The summed E-state index contributed by atoms with van der Waals surface area (Å²) in [7, 11) is 0. The van der Waals surface area contributed by atoms with Crippen molar-refractivity contribution in [3.05, 3.63) is 68.7 Å². The molecule has 0 atom stereocenters. The highest BCUT2D eigenvalue weighted by atomic mass is 35.5. The first kappa shape index (κ1) is 17.6. The van der Waals surface area contributed by atoms with Gasteiger partial charge in [-0.25, -0.2) is 0 Å². The molecule has 3 rings (SSSR count). The van der Waals surface area contributed by atoms with Gasteiger partial charge in [0.2, 0.25) is 0 Å². The van der Waals surface area contributed by atoms with Crippen molar-refractivity contribution in [2.45, 2.75) is 6.54 Å². The molecule has 0 aliphatic carbocycles. The molecule has 2 aromatic rings. The molecule has 0 bridgehead atoms. The summed E-state index contributed by atoms with van der Waals surface area (Å²) in [5, 5.41) is 1.68. The molecule has 0 N–H and O–H groups in total. The molecule has 0 aromatic heterocycles. The summed E-state index contributed by atoms with van der Waals surface area (Å²) in [6.45, 7) is 3.90. The SMILES string of the molecule is O=C(c1ccc(Cl)cc1Cl)N1CCN(Cc2ccc(Cl)cc2)CC1. The average Bonchev–Trinajstić information content (AvgIpc) is 2.57. The van der Waals surface area contributed by atoms with Crippen LogP contribution in [0.15, 0.2) is 42.5 Å². The first-order chi connectivity index (χ1) is 11.5. The minimum atomic E-state index is -0.0391. The van der Waals surface area contributed by atoms with Crippen molar-refractivity contribution in [2.75, 3.05) is 26.2 Å². The van der Waals surface area contributed by atoms with Crippen LogP contribution in [-0.2, 0) is 6.54 Å². The first-order valence-electron chi connectivity index (χ1n) is 7.74. The van der Waals surface area contributed by atoms with E-state index in [1.807, 2.05) is 29.2 Å². The van der Waals surface area contributed by atoms with Gasteiger partial charge in [-0.2, -0.15) is 0 Å². The predicted molar refractivity (Wildman–Crippen MR) is 99.1 cm³/mol. The molecule has 0 spiro atoms. The smallest absolute Gasteiger partial charge is 0.255 e. The second-order valence-corrected chi connectivity index (χ2v) is 7.10. The highest BCUT2D eigenvalue weighted by molar-refractivity contribution is 6.36. The molecule has 24 heavy (non-hydrogen) atoms. The van der Waals surface area contributed by atoms with E-state index in [0.717, 1.165) is 24.7 Å². The van der Waals surface area contributed by atoms with Crippen LogP contribution in [0.2, 0.25) is 15.1 Å². The Labute approximate surface area is 156 Å². The predicted octanol–water partition coefficient (Wildman–Crippen LogP) is 4.60. The van der Waals surface area contributed by atoms with E-state index in [1.54, 1.807) is 18.2 Å². The summed E-state index contributed by atoms with van der Waals surface area (Å²) in [5.74, 6) is -0.0391. The van der Waals surface area contributed by atoms with Gasteiger partial charge in [0.15, 0.2) is 0 Å². The highest BCUT2D eigenvalue weighted by Gasteiger charge is 2.23. The Morgan fingerprint density at radius 3 is 2.12 bits per heavy atom. The third-order valence-electron chi connectivity index (χ3n) is 4.14. The van der Waals surface area contributed by atoms with Gasteiger partial charge in [-0.1, -0.05) is 46.9 Å². The van der Waals surface area contributed by atoms with Gasteiger partial charge in [0, 0.05) is 42.8 Å². The number of amides is 1. The van der Waals surface area contributed by atoms with Gasteiger partial charge in [0.05, 0.1) is 10.6 Å². The molecule has 0 unspecified atom stereocenters. The number of carbonyl (C=O) groups is 1. The van der Waals surface area contributed by atoms with Crippen LogP contribution >= 0.6 is 34.8 Å². The molecule has 1 aliphatic heterocycles. The van der Waals surface area contributed by atoms with E-state index in [4.69, 9.17) is 34.8 Å². The second kappa shape index (κ2) is 7.75. The van der Waals surface area contributed by atoms with E-state index < -0.39 is 0 Å². The largest absolute Gasteiger partial charge is 0.336 e. The number of halogens is 3. The van der Waals surface area contributed by atoms with Crippen molar-refractivity contribution in [1.82, 2.24) is 9.80 Å². The van der Waals surface area contributed by atoms with Crippen molar-refractivity contribution in [3.8, 4) is 0 Å². The van der Waals surface area contributed by atoms with Gasteiger partial charge >= 0.3 is 0 Å². The highest BCUT2D eigenvalue weighted by Crippen LogP contribution is 2.23. The lowest BCUT2D eigenvalue weighted by Crippen LogP contribution is -2.48. The van der Waals surface area contributed by atoms with E-state index in [9.17, 15) is 4.79 Å². The Hall–Kier alpha value is -1.26. The summed E-state index contributed by atoms with van der Waals surface area (Å²) in [6, 6.07) is 12.9. The number of benzene rings is 2. The maximum atomic E-state index is 12.6. The van der Waals surface area contributed by atoms with Gasteiger partial charge < -0.3 is 4.90 Å². The Balaban J connectivity index is 1.58. The molecule has 2 aromatic carbocycles. The van der Waals surface area contributed by atoms with Gasteiger partial charge in [-0.05, 0) is 35.9 Å². The fourth-order valence-corrected chi connectivity index (χ4v) is 3.41. The Kier molecular flexibility index (Phi) is 5.67. The average molecular weight is 384 g/mol. The van der Waals surface area contributed by atoms with Crippen LogP contribution in [-0.4, -0.2) is 41.9 Å². The van der Waals surface area contributed by atoms with Crippen LogP contribution in [0.25, 0.3) is 0 Å². The van der Waals surface area contributed by atoms with Gasteiger partial charge in [0.25, 0.3) is 5.91 Å². The molecule has 1 aliphatic rings. The monoisotopic (exact) mass is 382 g/mol. The lowest BCUT2D eigenvalue weighted by Gasteiger charge is -2.35. The lowest BCUT2D eigenvalue weighted by atomic mass is 10.1. The Bertz CT molecular complexity index is 726. The first-order valence-corrected chi connectivity index (χ1v) is 8.87. The third kappa shape index (κ3) is 4.22. The summed E-state index contributed by atoms with van der Waals surface area (Å²) < 4.78 is 0. The van der Waals surface area contributed by atoms with Crippen LogP contribution in [0, 0.1) is 0 Å². The zero-order valence-corrected chi connectivity index (χ0v) is 15.3. The second-order valence-electron chi connectivity index (χ2n) is 5.82. The minimum absolute atomic E-state index is 0.0391. The number of hydrogen-bond donors (Lipinski definition) is 0. The summed E-state index contributed by atoms with van der Waals surface area (Å²) >= 11 is 17.9. The van der Waals surface area contributed by atoms with Crippen LogP contribution in [0.1, 0.15) is 15.9 Å². The van der Waals surface area contributed by atoms with Gasteiger partial charge in [-0.3, -0.25) is 9.69 Å². The molecule has 0 radical (unpaired) electrons. The zero-order chi connectivity index (χ0) is 17.1. The minimum Gasteiger partial charge on any atom is -0.336 e. The summed E-state index contributed by atoms with van der Waals surface area (Å²) in [4.78, 5) is 16.8. The normalized spacial score (nSPS) is 15.5. The molecule has 1 amide bonds. The van der Waals surface area contributed by atoms with Crippen molar-refractivity contribution >= 4 is 40.7 Å². The number of rotatable bonds is 3. The van der Waals surface area contributed by atoms with Crippen molar-refractivity contribution in [3.63, 3.8) is 0 Å². The molecule has 6 heteroatoms. The fourth-order valence-electron chi connectivity index (χ4n) is 2.79. The molecule has 3 nitrogen and oxygen atoms in total. The topological polar surface area (TPSA) is 23.6 Å². The molecular weight excluding hydrogens is 367 g/mol. The molecule has 1 heterocycles. The van der Waals surface area contributed by atoms with Crippen LogP contribution in [0.5, 0.6) is 0 Å². The number of hydrogen-bond acceptors (Lipinski definition) is 2. The lowest BCUT2D eigenvalue weighted by molar-refractivity contribution is 0.0628. The van der Waals surface area contributed by atoms with Crippen LogP contribution < -0.4 is 0 Å². The summed E-state index contributed by atoms with van der Waals surface area (Å²) in [5.41, 5.74) is 1.73. The number of piperazine rings is 1. The van der Waals surface area contributed by atoms with E-state index in [2.05, 4.69) is 4.90 Å². The molecular formula is C18H17Cl3N2O. The van der Waals surface area contributed by atoms with E-state index in [0.29, 0.717) is 28.7 Å².